The number of benzene rings is 1. The van der Waals surface area contributed by atoms with E-state index in [1.807, 2.05) is 20.2 Å². The molecule has 0 saturated heterocycles. The zero-order valence-corrected chi connectivity index (χ0v) is 12.5. The number of hydrogen-bond donors (Lipinski definition) is 2. The van der Waals surface area contributed by atoms with Gasteiger partial charge in [0.15, 0.2) is 0 Å². The van der Waals surface area contributed by atoms with Crippen LogP contribution in [0.2, 0.25) is 5.02 Å². The monoisotopic (exact) mass is 283 g/mol. The molecule has 0 saturated carbocycles. The summed E-state index contributed by atoms with van der Waals surface area (Å²) in [5.74, 6) is -0.0864. The Morgan fingerprint density at radius 3 is 2.68 bits per heavy atom. The molecule has 4 nitrogen and oxygen atoms in total. The average Bonchev–Trinajstić information content (AvgIpc) is 2.37. The third-order valence-electron chi connectivity index (χ3n) is 2.81. The second kappa shape index (κ2) is 8.02. The fourth-order valence-electron chi connectivity index (χ4n) is 1.77. The lowest BCUT2D eigenvalue weighted by Gasteiger charge is -2.11. The van der Waals surface area contributed by atoms with Crippen molar-refractivity contribution >= 4 is 23.2 Å². The van der Waals surface area contributed by atoms with Crippen LogP contribution in [0, 0.1) is 0 Å². The van der Waals surface area contributed by atoms with Gasteiger partial charge in [0.05, 0.1) is 5.56 Å². The molecule has 0 heterocycles. The fraction of sp³-hybridized carbons (Fsp3) is 0.500. The van der Waals surface area contributed by atoms with Gasteiger partial charge in [-0.05, 0) is 51.7 Å². The van der Waals surface area contributed by atoms with Gasteiger partial charge in [-0.3, -0.25) is 4.79 Å². The van der Waals surface area contributed by atoms with Crippen LogP contribution in [-0.2, 0) is 0 Å². The summed E-state index contributed by atoms with van der Waals surface area (Å²) in [5, 5.41) is 6.48. The summed E-state index contributed by atoms with van der Waals surface area (Å²) in [6.07, 6.45) is 2.04. The Hall–Kier alpha value is -1.26. The van der Waals surface area contributed by atoms with Gasteiger partial charge in [0, 0.05) is 24.3 Å². The number of carbonyl (C=O) groups is 1. The molecule has 1 rings (SSSR count). The Morgan fingerprint density at radius 2 is 2.05 bits per heavy atom. The number of hydrogen-bond acceptors (Lipinski definition) is 3. The normalized spacial score (nSPS) is 10.6. The van der Waals surface area contributed by atoms with Crippen LogP contribution < -0.4 is 10.6 Å². The number of carbonyl (C=O) groups excluding carboxylic acids is 1. The molecular formula is C14H22ClN3O. The second-order valence-corrected chi connectivity index (χ2v) is 5.14. The smallest absolute Gasteiger partial charge is 0.253 e. The van der Waals surface area contributed by atoms with E-state index in [0.29, 0.717) is 17.1 Å². The van der Waals surface area contributed by atoms with Crippen LogP contribution in [0.4, 0.5) is 5.69 Å². The van der Waals surface area contributed by atoms with Crippen molar-refractivity contribution in [1.82, 2.24) is 10.2 Å². The van der Waals surface area contributed by atoms with Crippen LogP contribution in [0.25, 0.3) is 0 Å². The minimum atomic E-state index is -0.0864. The standard InChI is InChI=1S/C14H22ClN3O/c1-16-13-7-6-11(15)10-12(13)14(19)17-8-4-5-9-18(2)3/h6-7,10,16H,4-5,8-9H2,1-3H3,(H,17,19). The van der Waals surface area contributed by atoms with Crippen molar-refractivity contribution in [3.8, 4) is 0 Å². The van der Waals surface area contributed by atoms with Crippen LogP contribution in [0.15, 0.2) is 18.2 Å². The summed E-state index contributed by atoms with van der Waals surface area (Å²) in [6, 6.07) is 5.26. The van der Waals surface area contributed by atoms with E-state index in [9.17, 15) is 4.79 Å². The Kier molecular flexibility index (Phi) is 6.67. The van der Waals surface area contributed by atoms with Crippen LogP contribution in [0.3, 0.4) is 0 Å². The predicted octanol–water partition coefficient (Wildman–Crippen LogP) is 2.45. The third-order valence-corrected chi connectivity index (χ3v) is 3.05. The SMILES string of the molecule is CNc1ccc(Cl)cc1C(=O)NCCCCN(C)C. The van der Waals surface area contributed by atoms with Crippen molar-refractivity contribution in [3.05, 3.63) is 28.8 Å². The highest BCUT2D eigenvalue weighted by atomic mass is 35.5. The van der Waals surface area contributed by atoms with E-state index in [-0.39, 0.29) is 5.91 Å². The number of anilines is 1. The molecule has 1 aromatic carbocycles. The highest BCUT2D eigenvalue weighted by molar-refractivity contribution is 6.31. The van der Waals surface area contributed by atoms with Crippen LogP contribution in [-0.4, -0.2) is 45.0 Å². The molecule has 0 spiro atoms. The molecule has 0 unspecified atom stereocenters. The number of halogens is 1. The van der Waals surface area contributed by atoms with Crippen LogP contribution >= 0.6 is 11.6 Å². The number of amides is 1. The number of rotatable bonds is 7. The first-order chi connectivity index (χ1) is 9.04. The minimum absolute atomic E-state index is 0.0864. The van der Waals surface area contributed by atoms with Crippen molar-refractivity contribution in [3.63, 3.8) is 0 Å². The molecular weight excluding hydrogens is 262 g/mol. The molecule has 106 valence electrons. The van der Waals surface area contributed by atoms with E-state index >= 15 is 0 Å². The van der Waals surface area contributed by atoms with Gasteiger partial charge in [-0.2, -0.15) is 0 Å². The number of nitrogens with zero attached hydrogens (tertiary/aromatic N) is 1. The summed E-state index contributed by atoms with van der Waals surface area (Å²) in [6.45, 7) is 1.72. The topological polar surface area (TPSA) is 44.4 Å². The molecule has 1 aromatic rings. The van der Waals surface area contributed by atoms with Gasteiger partial charge in [0.2, 0.25) is 0 Å². The van der Waals surface area contributed by atoms with Gasteiger partial charge in [-0.1, -0.05) is 11.6 Å². The maximum absolute atomic E-state index is 12.1. The van der Waals surface area contributed by atoms with Crippen molar-refractivity contribution < 1.29 is 4.79 Å². The molecule has 5 heteroatoms. The maximum atomic E-state index is 12.1. The lowest BCUT2D eigenvalue weighted by Crippen LogP contribution is -2.26. The van der Waals surface area contributed by atoms with Crippen molar-refractivity contribution in [2.75, 3.05) is 39.5 Å². The van der Waals surface area contributed by atoms with E-state index in [1.165, 1.54) is 0 Å². The first-order valence-corrected chi connectivity index (χ1v) is 6.82. The first-order valence-electron chi connectivity index (χ1n) is 6.45. The van der Waals surface area contributed by atoms with Gasteiger partial charge in [0.1, 0.15) is 0 Å². The molecule has 0 aliphatic carbocycles. The highest BCUT2D eigenvalue weighted by Crippen LogP contribution is 2.20. The average molecular weight is 284 g/mol. The lowest BCUT2D eigenvalue weighted by molar-refractivity contribution is 0.0953. The zero-order chi connectivity index (χ0) is 14.3. The van der Waals surface area contributed by atoms with Gasteiger partial charge in [-0.25, -0.2) is 0 Å². The third kappa shape index (κ3) is 5.49. The summed E-state index contributed by atoms with van der Waals surface area (Å²) in [4.78, 5) is 14.2. The summed E-state index contributed by atoms with van der Waals surface area (Å²) >= 11 is 5.92. The number of unbranched alkanes of at least 4 members (excludes halogenated alkanes) is 1. The lowest BCUT2D eigenvalue weighted by atomic mass is 10.1. The van der Waals surface area contributed by atoms with E-state index < -0.39 is 0 Å². The maximum Gasteiger partial charge on any atom is 0.253 e. The van der Waals surface area contributed by atoms with Crippen molar-refractivity contribution in [2.24, 2.45) is 0 Å². The van der Waals surface area contributed by atoms with Gasteiger partial charge < -0.3 is 15.5 Å². The fourth-order valence-corrected chi connectivity index (χ4v) is 1.94. The molecule has 0 fully saturated rings. The largest absolute Gasteiger partial charge is 0.387 e. The molecule has 0 aliphatic heterocycles. The van der Waals surface area contributed by atoms with Crippen molar-refractivity contribution in [2.45, 2.75) is 12.8 Å². The molecule has 0 aromatic heterocycles. The van der Waals surface area contributed by atoms with Gasteiger partial charge in [0.25, 0.3) is 5.91 Å². The van der Waals surface area contributed by atoms with Crippen molar-refractivity contribution in [1.29, 1.82) is 0 Å². The Balaban J connectivity index is 2.47. The molecule has 19 heavy (non-hydrogen) atoms. The zero-order valence-electron chi connectivity index (χ0n) is 11.8. The molecule has 0 bridgehead atoms. The molecule has 0 aliphatic rings. The predicted molar refractivity (Wildman–Crippen MR) is 81.1 cm³/mol. The second-order valence-electron chi connectivity index (χ2n) is 4.71. The first kappa shape index (κ1) is 15.8. The van der Waals surface area contributed by atoms with E-state index in [0.717, 1.165) is 25.1 Å². The Labute approximate surface area is 120 Å². The van der Waals surface area contributed by atoms with Crippen LogP contribution in [0.1, 0.15) is 23.2 Å². The van der Waals surface area contributed by atoms with E-state index in [4.69, 9.17) is 11.6 Å². The summed E-state index contributed by atoms with van der Waals surface area (Å²) < 4.78 is 0. The Bertz CT molecular complexity index is 421. The van der Waals surface area contributed by atoms with Crippen LogP contribution in [0.5, 0.6) is 0 Å². The van der Waals surface area contributed by atoms with Gasteiger partial charge >= 0.3 is 0 Å². The molecule has 0 atom stereocenters. The van der Waals surface area contributed by atoms with Gasteiger partial charge in [-0.15, -0.1) is 0 Å². The Morgan fingerprint density at radius 1 is 1.32 bits per heavy atom. The molecule has 1 amide bonds. The van der Waals surface area contributed by atoms with E-state index in [1.54, 1.807) is 19.2 Å². The highest BCUT2D eigenvalue weighted by Gasteiger charge is 2.10. The summed E-state index contributed by atoms with van der Waals surface area (Å²) in [7, 11) is 5.88. The minimum Gasteiger partial charge on any atom is -0.387 e. The number of nitrogens with one attached hydrogen (secondary N) is 2. The molecule has 0 radical (unpaired) electrons. The molecule has 2 N–H and O–H groups in total. The summed E-state index contributed by atoms with van der Waals surface area (Å²) in [5.41, 5.74) is 1.37. The van der Waals surface area contributed by atoms with E-state index in [2.05, 4.69) is 15.5 Å². The quantitative estimate of drug-likeness (QED) is 0.756.